The first-order valence-electron chi connectivity index (χ1n) is 4.27. The number of hydrogen-bond acceptors (Lipinski definition) is 5. The van der Waals surface area contributed by atoms with E-state index in [1.807, 2.05) is 6.26 Å². The second kappa shape index (κ2) is 5.34. The van der Waals surface area contributed by atoms with E-state index in [0.717, 1.165) is 5.75 Å². The smallest absolute Gasteiger partial charge is 0.244 e. The lowest BCUT2D eigenvalue weighted by molar-refractivity contribution is 0.584. The number of anilines is 1. The predicted molar refractivity (Wildman–Crippen MR) is 62.2 cm³/mol. The van der Waals surface area contributed by atoms with Crippen molar-refractivity contribution in [1.82, 2.24) is 9.71 Å². The molecular weight excluding hydrogens is 234 g/mol. The molecule has 84 valence electrons. The van der Waals surface area contributed by atoms with Crippen LogP contribution in [0.1, 0.15) is 0 Å². The van der Waals surface area contributed by atoms with Crippen LogP contribution in [-0.4, -0.2) is 32.0 Å². The van der Waals surface area contributed by atoms with E-state index in [9.17, 15) is 8.42 Å². The summed E-state index contributed by atoms with van der Waals surface area (Å²) in [6, 6.07) is 2.98. The fourth-order valence-electron chi connectivity index (χ4n) is 0.986. The highest BCUT2D eigenvalue weighted by Gasteiger charge is 2.16. The van der Waals surface area contributed by atoms with Crippen LogP contribution in [0.2, 0.25) is 0 Å². The molecule has 0 spiro atoms. The van der Waals surface area contributed by atoms with Crippen molar-refractivity contribution in [3.05, 3.63) is 18.3 Å². The Morgan fingerprint density at radius 3 is 2.93 bits per heavy atom. The van der Waals surface area contributed by atoms with E-state index in [1.54, 1.807) is 17.8 Å². The summed E-state index contributed by atoms with van der Waals surface area (Å²) in [5, 5.41) is 0. The van der Waals surface area contributed by atoms with Crippen molar-refractivity contribution >= 4 is 27.6 Å². The summed E-state index contributed by atoms with van der Waals surface area (Å²) < 4.78 is 25.8. The molecule has 0 atom stereocenters. The van der Waals surface area contributed by atoms with Gasteiger partial charge in [0.25, 0.3) is 0 Å². The monoisotopic (exact) mass is 247 g/mol. The Balaban J connectivity index is 2.83. The van der Waals surface area contributed by atoms with Crippen molar-refractivity contribution in [3.8, 4) is 0 Å². The van der Waals surface area contributed by atoms with Gasteiger partial charge in [-0.1, -0.05) is 0 Å². The molecule has 0 unspecified atom stereocenters. The zero-order valence-corrected chi connectivity index (χ0v) is 9.94. The number of thioether (sulfide) groups is 1. The van der Waals surface area contributed by atoms with Gasteiger partial charge < -0.3 is 5.73 Å². The molecule has 5 nitrogen and oxygen atoms in total. The van der Waals surface area contributed by atoms with Gasteiger partial charge in [-0.05, 0) is 18.4 Å². The van der Waals surface area contributed by atoms with Crippen LogP contribution < -0.4 is 10.5 Å². The molecule has 1 aromatic heterocycles. The molecular formula is C8H13N3O2S2. The molecule has 0 saturated heterocycles. The summed E-state index contributed by atoms with van der Waals surface area (Å²) in [5.74, 6) is 0.744. The van der Waals surface area contributed by atoms with E-state index >= 15 is 0 Å². The van der Waals surface area contributed by atoms with E-state index in [2.05, 4.69) is 9.71 Å². The molecule has 0 saturated carbocycles. The van der Waals surface area contributed by atoms with E-state index < -0.39 is 10.0 Å². The van der Waals surface area contributed by atoms with E-state index in [0.29, 0.717) is 6.54 Å². The summed E-state index contributed by atoms with van der Waals surface area (Å²) in [4.78, 5) is 3.76. The highest BCUT2D eigenvalue weighted by atomic mass is 32.2. The minimum Gasteiger partial charge on any atom is -0.383 e. The van der Waals surface area contributed by atoms with Crippen molar-refractivity contribution in [2.75, 3.05) is 24.3 Å². The summed E-state index contributed by atoms with van der Waals surface area (Å²) in [6.07, 6.45) is 3.36. The summed E-state index contributed by atoms with van der Waals surface area (Å²) >= 11 is 1.57. The lowest BCUT2D eigenvalue weighted by atomic mass is 10.5. The molecule has 1 aromatic rings. The van der Waals surface area contributed by atoms with Gasteiger partial charge in [0.05, 0.1) is 0 Å². The molecule has 3 N–H and O–H groups in total. The van der Waals surface area contributed by atoms with Gasteiger partial charge in [-0.2, -0.15) is 11.8 Å². The van der Waals surface area contributed by atoms with Crippen molar-refractivity contribution in [1.29, 1.82) is 0 Å². The maximum atomic E-state index is 11.7. The first kappa shape index (κ1) is 12.3. The quantitative estimate of drug-likeness (QED) is 0.731. The maximum absolute atomic E-state index is 11.7. The first-order chi connectivity index (χ1) is 7.08. The molecule has 0 amide bonds. The molecule has 0 bridgehead atoms. The number of hydrogen-bond donors (Lipinski definition) is 2. The molecule has 7 heteroatoms. The van der Waals surface area contributed by atoms with Crippen molar-refractivity contribution in [3.63, 3.8) is 0 Å². The number of nitrogens with one attached hydrogen (secondary N) is 1. The van der Waals surface area contributed by atoms with E-state index in [-0.39, 0.29) is 10.7 Å². The van der Waals surface area contributed by atoms with Crippen LogP contribution in [0, 0.1) is 0 Å². The Hall–Kier alpha value is -0.790. The second-order valence-electron chi connectivity index (χ2n) is 2.78. The van der Waals surface area contributed by atoms with E-state index in [1.165, 1.54) is 12.3 Å². The van der Waals surface area contributed by atoms with Crippen LogP contribution in [0.5, 0.6) is 0 Å². The topological polar surface area (TPSA) is 85.1 Å². The van der Waals surface area contributed by atoms with E-state index in [4.69, 9.17) is 5.73 Å². The SMILES string of the molecule is CSCCNS(=O)(=O)c1cccnc1N. The second-order valence-corrected chi connectivity index (χ2v) is 5.50. The van der Waals surface area contributed by atoms with Gasteiger partial charge in [-0.3, -0.25) is 0 Å². The average Bonchev–Trinajstić information content (AvgIpc) is 2.18. The Labute approximate surface area is 93.5 Å². The number of nitrogens with two attached hydrogens (primary N) is 1. The van der Waals surface area contributed by atoms with Gasteiger partial charge in [0, 0.05) is 18.5 Å². The molecule has 1 rings (SSSR count). The molecule has 0 aromatic carbocycles. The Kier molecular flexibility index (Phi) is 4.37. The Morgan fingerprint density at radius 2 is 2.33 bits per heavy atom. The third-order valence-corrected chi connectivity index (χ3v) is 3.81. The predicted octanol–water partition coefficient (Wildman–Crippen LogP) is 0.305. The number of rotatable bonds is 5. The van der Waals surface area contributed by atoms with Crippen LogP contribution in [0.15, 0.2) is 23.2 Å². The van der Waals surface area contributed by atoms with Crippen LogP contribution in [0.4, 0.5) is 5.82 Å². The zero-order valence-electron chi connectivity index (χ0n) is 8.30. The Morgan fingerprint density at radius 1 is 1.60 bits per heavy atom. The number of nitrogens with zero attached hydrogens (tertiary/aromatic N) is 1. The lowest BCUT2D eigenvalue weighted by Gasteiger charge is -2.07. The van der Waals surface area contributed by atoms with Crippen LogP contribution in [-0.2, 0) is 10.0 Å². The largest absolute Gasteiger partial charge is 0.383 e. The molecule has 0 aliphatic heterocycles. The normalized spacial score (nSPS) is 11.5. The number of pyridine rings is 1. The standard InChI is InChI=1S/C8H13N3O2S2/c1-14-6-5-11-15(12,13)7-3-2-4-10-8(7)9/h2-4,11H,5-6H2,1H3,(H2,9,10). The highest BCUT2D eigenvalue weighted by molar-refractivity contribution is 7.98. The molecule has 0 aliphatic rings. The molecule has 0 radical (unpaired) electrons. The number of sulfonamides is 1. The van der Waals surface area contributed by atoms with Crippen molar-refractivity contribution < 1.29 is 8.42 Å². The molecule has 0 fully saturated rings. The molecule has 0 aliphatic carbocycles. The lowest BCUT2D eigenvalue weighted by Crippen LogP contribution is -2.26. The van der Waals surface area contributed by atoms with Gasteiger partial charge in [0.15, 0.2) is 0 Å². The summed E-state index contributed by atoms with van der Waals surface area (Å²) in [6.45, 7) is 0.387. The fourth-order valence-corrected chi connectivity index (χ4v) is 2.53. The molecule has 15 heavy (non-hydrogen) atoms. The van der Waals surface area contributed by atoms with Crippen LogP contribution in [0.3, 0.4) is 0 Å². The highest BCUT2D eigenvalue weighted by Crippen LogP contribution is 2.13. The van der Waals surface area contributed by atoms with Gasteiger partial charge in [0.1, 0.15) is 10.7 Å². The van der Waals surface area contributed by atoms with Crippen LogP contribution >= 0.6 is 11.8 Å². The minimum absolute atomic E-state index is 0.0224. The van der Waals surface area contributed by atoms with Gasteiger partial charge >= 0.3 is 0 Å². The van der Waals surface area contributed by atoms with Gasteiger partial charge in [-0.25, -0.2) is 18.1 Å². The molecule has 1 heterocycles. The van der Waals surface area contributed by atoms with Crippen molar-refractivity contribution in [2.45, 2.75) is 4.90 Å². The average molecular weight is 247 g/mol. The summed E-state index contributed by atoms with van der Waals surface area (Å²) in [7, 11) is -3.51. The fraction of sp³-hybridized carbons (Fsp3) is 0.375. The number of aromatic nitrogens is 1. The summed E-state index contributed by atoms with van der Waals surface area (Å²) in [5.41, 5.74) is 5.48. The third-order valence-electron chi connectivity index (χ3n) is 1.69. The first-order valence-corrected chi connectivity index (χ1v) is 7.14. The maximum Gasteiger partial charge on any atom is 0.244 e. The Bertz CT molecular complexity index is 420. The minimum atomic E-state index is -3.51. The number of nitrogen functional groups attached to an aromatic ring is 1. The van der Waals surface area contributed by atoms with Crippen molar-refractivity contribution in [2.24, 2.45) is 0 Å². The third kappa shape index (κ3) is 3.37. The van der Waals surface area contributed by atoms with Gasteiger partial charge in [0.2, 0.25) is 10.0 Å². The van der Waals surface area contributed by atoms with Gasteiger partial charge in [-0.15, -0.1) is 0 Å². The van der Waals surface area contributed by atoms with Crippen LogP contribution in [0.25, 0.3) is 0 Å². The zero-order chi connectivity index (χ0) is 11.3.